The summed E-state index contributed by atoms with van der Waals surface area (Å²) in [5.41, 5.74) is 0. The number of hydrogen-bond donors (Lipinski definition) is 3. The lowest BCUT2D eigenvalue weighted by atomic mass is 10.00. The van der Waals surface area contributed by atoms with E-state index in [1.807, 2.05) is 12.3 Å². The fourth-order valence-electron chi connectivity index (χ4n) is 1.79. The van der Waals surface area contributed by atoms with E-state index in [0.717, 1.165) is 24.8 Å². The van der Waals surface area contributed by atoms with Gasteiger partial charge < -0.3 is 15.6 Å². The van der Waals surface area contributed by atoms with E-state index in [9.17, 15) is 0 Å². The Morgan fingerprint density at radius 1 is 1.54 bits per heavy atom. The highest BCUT2D eigenvalue weighted by molar-refractivity contribution is 5.34. The van der Waals surface area contributed by atoms with E-state index >= 15 is 0 Å². The number of anilines is 1. The third-order valence-electron chi connectivity index (χ3n) is 2.58. The second-order valence-electron chi connectivity index (χ2n) is 3.68. The van der Waals surface area contributed by atoms with E-state index < -0.39 is 0 Å². The molecule has 13 heavy (non-hydrogen) atoms. The molecule has 0 aliphatic carbocycles. The summed E-state index contributed by atoms with van der Waals surface area (Å²) in [6.45, 7) is 3.43. The normalized spacial score (nSPS) is 22.9. The predicted molar refractivity (Wildman–Crippen MR) is 54.9 cm³/mol. The monoisotopic (exact) mass is 179 g/mol. The summed E-state index contributed by atoms with van der Waals surface area (Å²) in [5.74, 6) is 1.92. The van der Waals surface area contributed by atoms with Crippen LogP contribution >= 0.6 is 0 Å². The molecule has 1 aliphatic heterocycles. The van der Waals surface area contributed by atoms with Crippen molar-refractivity contribution >= 4 is 5.82 Å². The van der Waals surface area contributed by atoms with Gasteiger partial charge in [-0.3, -0.25) is 0 Å². The van der Waals surface area contributed by atoms with Crippen molar-refractivity contribution in [2.45, 2.75) is 12.8 Å². The highest BCUT2D eigenvalue weighted by atomic mass is 15.0. The van der Waals surface area contributed by atoms with Gasteiger partial charge >= 0.3 is 0 Å². The maximum Gasteiger partial charge on any atom is 0.103 e. The van der Waals surface area contributed by atoms with E-state index in [2.05, 4.69) is 21.7 Å². The summed E-state index contributed by atoms with van der Waals surface area (Å²) in [6, 6.07) is 4.08. The molecule has 2 rings (SSSR count). The zero-order chi connectivity index (χ0) is 8.93. The summed E-state index contributed by atoms with van der Waals surface area (Å²) < 4.78 is 0. The number of rotatable bonds is 3. The third kappa shape index (κ3) is 2.49. The Kier molecular flexibility index (Phi) is 2.87. The molecule has 1 unspecified atom stereocenters. The van der Waals surface area contributed by atoms with Crippen LogP contribution in [0.3, 0.4) is 0 Å². The lowest BCUT2D eigenvalue weighted by Gasteiger charge is -2.22. The molecule has 1 aromatic rings. The number of hydrogen-bond acceptors (Lipinski definition) is 2. The second kappa shape index (κ2) is 4.33. The van der Waals surface area contributed by atoms with Crippen LogP contribution in [0.1, 0.15) is 12.8 Å². The number of piperidine rings is 1. The number of nitrogens with one attached hydrogen (secondary N) is 3. The molecule has 1 aromatic heterocycles. The van der Waals surface area contributed by atoms with Crippen molar-refractivity contribution in [3.63, 3.8) is 0 Å². The first-order valence-electron chi connectivity index (χ1n) is 5.03. The van der Waals surface area contributed by atoms with Gasteiger partial charge in [0.25, 0.3) is 0 Å². The van der Waals surface area contributed by atoms with Crippen LogP contribution in [0.15, 0.2) is 18.3 Å². The Labute approximate surface area is 78.9 Å². The third-order valence-corrected chi connectivity index (χ3v) is 2.58. The van der Waals surface area contributed by atoms with Gasteiger partial charge in [0.1, 0.15) is 5.82 Å². The average molecular weight is 179 g/mol. The Morgan fingerprint density at radius 3 is 3.23 bits per heavy atom. The molecule has 3 heteroatoms. The molecule has 0 spiro atoms. The molecule has 1 saturated heterocycles. The highest BCUT2D eigenvalue weighted by Gasteiger charge is 2.11. The van der Waals surface area contributed by atoms with Crippen LogP contribution < -0.4 is 10.6 Å². The van der Waals surface area contributed by atoms with Crippen molar-refractivity contribution in [1.82, 2.24) is 10.3 Å². The van der Waals surface area contributed by atoms with Gasteiger partial charge in [0, 0.05) is 12.7 Å². The zero-order valence-electron chi connectivity index (χ0n) is 7.84. The molecular weight excluding hydrogens is 162 g/mol. The van der Waals surface area contributed by atoms with Gasteiger partial charge in [-0.1, -0.05) is 0 Å². The summed E-state index contributed by atoms with van der Waals surface area (Å²) >= 11 is 0. The summed E-state index contributed by atoms with van der Waals surface area (Å²) in [7, 11) is 0. The van der Waals surface area contributed by atoms with Crippen LogP contribution in [-0.2, 0) is 0 Å². The van der Waals surface area contributed by atoms with E-state index in [4.69, 9.17) is 0 Å². The van der Waals surface area contributed by atoms with Crippen molar-refractivity contribution in [3.8, 4) is 0 Å². The predicted octanol–water partition coefficient (Wildman–Crippen LogP) is 1.43. The molecule has 0 saturated carbocycles. The molecule has 2 heterocycles. The maximum absolute atomic E-state index is 3.41. The molecule has 3 N–H and O–H groups in total. The molecular formula is C10H17N3. The first-order valence-corrected chi connectivity index (χ1v) is 5.03. The van der Waals surface area contributed by atoms with Crippen molar-refractivity contribution in [1.29, 1.82) is 0 Å². The van der Waals surface area contributed by atoms with Crippen molar-refractivity contribution in [2.24, 2.45) is 5.92 Å². The molecule has 3 nitrogen and oxygen atoms in total. The smallest absolute Gasteiger partial charge is 0.103 e. The van der Waals surface area contributed by atoms with Crippen LogP contribution in [0.2, 0.25) is 0 Å². The van der Waals surface area contributed by atoms with Gasteiger partial charge in [-0.2, -0.15) is 0 Å². The van der Waals surface area contributed by atoms with Crippen molar-refractivity contribution < 1.29 is 0 Å². The van der Waals surface area contributed by atoms with Gasteiger partial charge in [0.2, 0.25) is 0 Å². The molecule has 1 atom stereocenters. The number of aromatic amines is 1. The van der Waals surface area contributed by atoms with E-state index in [0.29, 0.717) is 0 Å². The topological polar surface area (TPSA) is 39.9 Å². The van der Waals surface area contributed by atoms with Crippen LogP contribution in [-0.4, -0.2) is 24.6 Å². The quantitative estimate of drug-likeness (QED) is 0.657. The highest BCUT2D eigenvalue weighted by Crippen LogP contribution is 2.11. The lowest BCUT2D eigenvalue weighted by Crippen LogP contribution is -2.33. The molecule has 72 valence electrons. The molecule has 0 aromatic carbocycles. The maximum atomic E-state index is 3.41. The van der Waals surface area contributed by atoms with Gasteiger partial charge in [-0.15, -0.1) is 0 Å². The fourth-order valence-corrected chi connectivity index (χ4v) is 1.79. The molecule has 1 aliphatic rings. The van der Waals surface area contributed by atoms with E-state index in [1.165, 1.54) is 19.4 Å². The summed E-state index contributed by atoms with van der Waals surface area (Å²) in [5, 5.41) is 6.81. The average Bonchev–Trinajstić information content (AvgIpc) is 2.69. The van der Waals surface area contributed by atoms with Crippen molar-refractivity contribution in [2.75, 3.05) is 25.0 Å². The SMILES string of the molecule is c1c[nH]c(NCC2CCCNC2)c1. The number of aromatic nitrogens is 1. The lowest BCUT2D eigenvalue weighted by molar-refractivity contribution is 0.392. The zero-order valence-corrected chi connectivity index (χ0v) is 7.84. The Balaban J connectivity index is 1.72. The van der Waals surface area contributed by atoms with Crippen LogP contribution in [0.5, 0.6) is 0 Å². The minimum absolute atomic E-state index is 0.789. The first-order chi connectivity index (χ1) is 6.45. The van der Waals surface area contributed by atoms with Gasteiger partial charge in [0.15, 0.2) is 0 Å². The van der Waals surface area contributed by atoms with Crippen LogP contribution in [0.4, 0.5) is 5.82 Å². The largest absolute Gasteiger partial charge is 0.371 e. The van der Waals surface area contributed by atoms with Crippen LogP contribution in [0.25, 0.3) is 0 Å². The molecule has 0 amide bonds. The Morgan fingerprint density at radius 2 is 2.54 bits per heavy atom. The second-order valence-corrected chi connectivity index (χ2v) is 3.68. The summed E-state index contributed by atoms with van der Waals surface area (Å²) in [6.07, 6.45) is 4.61. The van der Waals surface area contributed by atoms with E-state index in [-0.39, 0.29) is 0 Å². The van der Waals surface area contributed by atoms with Crippen LogP contribution in [0, 0.1) is 5.92 Å². The van der Waals surface area contributed by atoms with Crippen molar-refractivity contribution in [3.05, 3.63) is 18.3 Å². The molecule has 0 bridgehead atoms. The number of H-pyrrole nitrogens is 1. The summed E-state index contributed by atoms with van der Waals surface area (Å²) in [4.78, 5) is 3.15. The van der Waals surface area contributed by atoms with Gasteiger partial charge in [-0.25, -0.2) is 0 Å². The van der Waals surface area contributed by atoms with Gasteiger partial charge in [-0.05, 0) is 44.0 Å². The van der Waals surface area contributed by atoms with Gasteiger partial charge in [0.05, 0.1) is 0 Å². The standard InChI is InChI=1S/C10H17N3/c1-3-9(7-11-5-1)8-13-10-4-2-6-12-10/h2,4,6,9,11-13H,1,3,5,7-8H2. The van der Waals surface area contributed by atoms with E-state index in [1.54, 1.807) is 0 Å². The Bertz CT molecular complexity index is 224. The molecule has 0 radical (unpaired) electrons. The minimum atomic E-state index is 0.789. The minimum Gasteiger partial charge on any atom is -0.371 e. The Hall–Kier alpha value is -0.960. The first kappa shape index (κ1) is 8.63. The fraction of sp³-hybridized carbons (Fsp3) is 0.600. The molecule has 1 fully saturated rings.